The number of hydrogen-bond donors (Lipinski definition) is 2. The molecule has 0 fully saturated rings. The predicted octanol–water partition coefficient (Wildman–Crippen LogP) is 1.32. The number of nitrogens with zero attached hydrogens (tertiary/aromatic N) is 2. The van der Waals surface area contributed by atoms with Crippen LogP contribution in [0.4, 0.5) is 4.79 Å². The molecule has 0 aromatic carbocycles. The fourth-order valence-electron chi connectivity index (χ4n) is 1.78. The summed E-state index contributed by atoms with van der Waals surface area (Å²) in [6, 6.07) is -1.15. The lowest BCUT2D eigenvalue weighted by molar-refractivity contribution is -0.140. The van der Waals surface area contributed by atoms with Crippen LogP contribution in [0.15, 0.2) is 0 Å². The third-order valence-electron chi connectivity index (χ3n) is 2.90. The first-order valence-corrected chi connectivity index (χ1v) is 7.08. The van der Waals surface area contributed by atoms with E-state index in [9.17, 15) is 9.59 Å². The van der Waals surface area contributed by atoms with Crippen molar-refractivity contribution < 1.29 is 14.7 Å². The van der Waals surface area contributed by atoms with Crippen LogP contribution in [-0.4, -0.2) is 66.7 Å². The fraction of sp³-hybridized carbons (Fsp3) is 0.857. The first-order chi connectivity index (χ1) is 9.15. The van der Waals surface area contributed by atoms with Crippen LogP contribution in [0.25, 0.3) is 0 Å². The number of aliphatic carboxylic acids is 1. The third kappa shape index (κ3) is 7.33. The van der Waals surface area contributed by atoms with E-state index in [0.717, 1.165) is 6.54 Å². The highest BCUT2D eigenvalue weighted by Gasteiger charge is 2.26. The number of carboxylic acids is 1. The number of hydrogen-bond acceptors (Lipinski definition) is 3. The van der Waals surface area contributed by atoms with Crippen LogP contribution in [0.1, 0.15) is 27.7 Å². The van der Waals surface area contributed by atoms with Crippen molar-refractivity contribution in [3.63, 3.8) is 0 Å². The highest BCUT2D eigenvalue weighted by molar-refractivity contribution is 5.82. The van der Waals surface area contributed by atoms with Crippen molar-refractivity contribution in [1.82, 2.24) is 15.1 Å². The summed E-state index contributed by atoms with van der Waals surface area (Å²) in [5.74, 6) is -0.804. The van der Waals surface area contributed by atoms with E-state index in [1.165, 1.54) is 0 Å². The average Bonchev–Trinajstić information content (AvgIpc) is 2.29. The first kappa shape index (κ1) is 18.7. The standard InChI is InChI=1S/C14H29N3O3/c1-10(2)9-17(8-7-16(5)6)14(20)15-12(11(3)4)13(18)19/h10-12H,7-9H2,1-6H3,(H,15,20)(H,18,19)/t12-/m0/s1. The van der Waals surface area contributed by atoms with Gasteiger partial charge in [-0.1, -0.05) is 27.7 Å². The minimum absolute atomic E-state index is 0.147. The molecule has 0 spiro atoms. The molecule has 0 saturated heterocycles. The maximum atomic E-state index is 12.2. The van der Waals surface area contributed by atoms with Gasteiger partial charge >= 0.3 is 12.0 Å². The molecule has 6 nitrogen and oxygen atoms in total. The Bertz CT molecular complexity index is 317. The molecular weight excluding hydrogens is 258 g/mol. The average molecular weight is 287 g/mol. The number of rotatable bonds is 8. The van der Waals surface area contributed by atoms with Gasteiger partial charge in [0.05, 0.1) is 0 Å². The summed E-state index contributed by atoms with van der Waals surface area (Å²) in [6.45, 7) is 9.59. The van der Waals surface area contributed by atoms with Crippen LogP contribution < -0.4 is 5.32 Å². The zero-order valence-electron chi connectivity index (χ0n) is 13.5. The van der Waals surface area contributed by atoms with E-state index < -0.39 is 12.0 Å². The summed E-state index contributed by atoms with van der Waals surface area (Å²) in [6.07, 6.45) is 0. The largest absolute Gasteiger partial charge is 0.480 e. The van der Waals surface area contributed by atoms with Crippen molar-refractivity contribution in [1.29, 1.82) is 0 Å². The molecule has 0 aromatic heterocycles. The highest BCUT2D eigenvalue weighted by atomic mass is 16.4. The van der Waals surface area contributed by atoms with E-state index in [1.54, 1.807) is 18.7 Å². The van der Waals surface area contributed by atoms with Crippen LogP contribution in [0.5, 0.6) is 0 Å². The molecular formula is C14H29N3O3. The minimum Gasteiger partial charge on any atom is -0.480 e. The Balaban J connectivity index is 4.71. The van der Waals surface area contributed by atoms with Crippen LogP contribution in [0, 0.1) is 11.8 Å². The van der Waals surface area contributed by atoms with Gasteiger partial charge in [0.25, 0.3) is 0 Å². The SMILES string of the molecule is CC(C)CN(CCN(C)C)C(=O)N[C@H](C(=O)O)C(C)C. The molecule has 0 saturated carbocycles. The van der Waals surface area contributed by atoms with Gasteiger partial charge in [-0.05, 0) is 25.9 Å². The lowest BCUT2D eigenvalue weighted by atomic mass is 10.1. The Morgan fingerprint density at radius 2 is 1.65 bits per heavy atom. The smallest absolute Gasteiger partial charge is 0.326 e. The molecule has 2 amide bonds. The molecule has 20 heavy (non-hydrogen) atoms. The van der Waals surface area contributed by atoms with Crippen molar-refractivity contribution in [3.8, 4) is 0 Å². The molecule has 0 rings (SSSR count). The Labute approximate surface area is 122 Å². The predicted molar refractivity (Wildman–Crippen MR) is 79.8 cm³/mol. The van der Waals surface area contributed by atoms with E-state index in [2.05, 4.69) is 5.32 Å². The summed E-state index contributed by atoms with van der Waals surface area (Å²) in [7, 11) is 3.89. The van der Waals surface area contributed by atoms with Crippen LogP contribution in [0.3, 0.4) is 0 Å². The number of urea groups is 1. The summed E-state index contributed by atoms with van der Waals surface area (Å²) in [5.41, 5.74) is 0. The number of carboxylic acid groups (broad SMARTS) is 1. The Morgan fingerprint density at radius 1 is 1.10 bits per heavy atom. The van der Waals surface area contributed by atoms with Crippen molar-refractivity contribution in [2.45, 2.75) is 33.7 Å². The molecule has 0 aliphatic carbocycles. The van der Waals surface area contributed by atoms with Gasteiger partial charge in [-0.3, -0.25) is 0 Å². The molecule has 0 radical (unpaired) electrons. The first-order valence-electron chi connectivity index (χ1n) is 7.08. The highest BCUT2D eigenvalue weighted by Crippen LogP contribution is 2.05. The lowest BCUT2D eigenvalue weighted by Crippen LogP contribution is -2.52. The molecule has 6 heteroatoms. The zero-order valence-corrected chi connectivity index (χ0v) is 13.5. The molecule has 118 valence electrons. The lowest BCUT2D eigenvalue weighted by Gasteiger charge is -2.28. The number of carbonyl (C=O) groups is 2. The summed E-state index contributed by atoms with van der Waals surface area (Å²) in [5, 5.41) is 11.7. The van der Waals surface area contributed by atoms with E-state index >= 15 is 0 Å². The quantitative estimate of drug-likeness (QED) is 0.706. The summed E-state index contributed by atoms with van der Waals surface area (Å²) < 4.78 is 0. The van der Waals surface area contributed by atoms with Crippen LogP contribution in [0.2, 0.25) is 0 Å². The van der Waals surface area contributed by atoms with Crippen molar-refractivity contribution in [2.75, 3.05) is 33.7 Å². The summed E-state index contributed by atoms with van der Waals surface area (Å²) in [4.78, 5) is 27.1. The van der Waals surface area contributed by atoms with Crippen molar-refractivity contribution in [3.05, 3.63) is 0 Å². The minimum atomic E-state index is -0.995. The molecule has 0 aliphatic heterocycles. The fourth-order valence-corrected chi connectivity index (χ4v) is 1.78. The van der Waals surface area contributed by atoms with Gasteiger partial charge in [-0.2, -0.15) is 0 Å². The van der Waals surface area contributed by atoms with Crippen LogP contribution >= 0.6 is 0 Å². The molecule has 0 bridgehead atoms. The topological polar surface area (TPSA) is 72.9 Å². The van der Waals surface area contributed by atoms with Crippen LogP contribution in [-0.2, 0) is 4.79 Å². The second-order valence-electron chi connectivity index (χ2n) is 6.15. The molecule has 1 atom stereocenters. The maximum Gasteiger partial charge on any atom is 0.326 e. The number of carbonyl (C=O) groups excluding carboxylic acids is 1. The molecule has 2 N–H and O–H groups in total. The molecule has 0 aromatic rings. The normalized spacial score (nSPS) is 12.8. The zero-order chi connectivity index (χ0) is 15.9. The summed E-state index contributed by atoms with van der Waals surface area (Å²) >= 11 is 0. The Morgan fingerprint density at radius 3 is 2.00 bits per heavy atom. The maximum absolute atomic E-state index is 12.2. The second-order valence-corrected chi connectivity index (χ2v) is 6.15. The van der Waals surface area contributed by atoms with Gasteiger partial charge < -0.3 is 20.2 Å². The van der Waals surface area contributed by atoms with Gasteiger partial charge in [0.1, 0.15) is 6.04 Å². The molecule has 0 aliphatic rings. The van der Waals surface area contributed by atoms with E-state index in [-0.39, 0.29) is 11.9 Å². The van der Waals surface area contributed by atoms with E-state index in [4.69, 9.17) is 5.11 Å². The van der Waals surface area contributed by atoms with Gasteiger partial charge in [0.15, 0.2) is 0 Å². The van der Waals surface area contributed by atoms with Crippen molar-refractivity contribution >= 4 is 12.0 Å². The van der Waals surface area contributed by atoms with Gasteiger partial charge in [-0.25, -0.2) is 9.59 Å². The Hall–Kier alpha value is -1.30. The molecule has 0 unspecified atom stereocenters. The monoisotopic (exact) mass is 287 g/mol. The number of amides is 2. The van der Waals surface area contributed by atoms with E-state index in [1.807, 2.05) is 32.8 Å². The molecule has 0 heterocycles. The van der Waals surface area contributed by atoms with Crippen molar-refractivity contribution in [2.24, 2.45) is 11.8 Å². The number of nitrogens with one attached hydrogen (secondary N) is 1. The van der Waals surface area contributed by atoms with Gasteiger partial charge in [0, 0.05) is 19.6 Å². The Kier molecular flexibility index (Phi) is 8.22. The van der Waals surface area contributed by atoms with E-state index in [0.29, 0.717) is 19.0 Å². The number of likely N-dealkylation sites (N-methyl/N-ethyl adjacent to an activating group) is 1. The van der Waals surface area contributed by atoms with Gasteiger partial charge in [-0.15, -0.1) is 0 Å². The second kappa shape index (κ2) is 8.79. The third-order valence-corrected chi connectivity index (χ3v) is 2.90. The van der Waals surface area contributed by atoms with Gasteiger partial charge in [0.2, 0.25) is 0 Å².